The monoisotopic (exact) mass is 352 g/mol. The lowest BCUT2D eigenvalue weighted by Gasteiger charge is -2.07. The molecule has 6 N–H and O–H groups in total. The van der Waals surface area contributed by atoms with E-state index in [-0.39, 0.29) is 11.6 Å². The Labute approximate surface area is 144 Å². The number of nitrogens with two attached hydrogens (primary N) is 2. The normalized spacial score (nSPS) is 11.2. The van der Waals surface area contributed by atoms with Crippen LogP contribution in [0.25, 0.3) is 21.8 Å². The molecule has 0 bridgehead atoms. The summed E-state index contributed by atoms with van der Waals surface area (Å²) in [5.41, 5.74) is 12.0. The predicted octanol–water partition coefficient (Wildman–Crippen LogP) is 1.48. The fourth-order valence-corrected chi connectivity index (χ4v) is 3.48. The summed E-state index contributed by atoms with van der Waals surface area (Å²) in [5, 5.41) is 1.35. The largest absolute Gasteiger partial charge is 0.383 e. The van der Waals surface area contributed by atoms with Crippen LogP contribution in [-0.4, -0.2) is 19.9 Å². The number of aromatic amines is 2. The van der Waals surface area contributed by atoms with Crippen LogP contribution < -0.4 is 22.8 Å². The summed E-state index contributed by atoms with van der Waals surface area (Å²) >= 11 is 1.49. The maximum atomic E-state index is 11.4. The minimum Gasteiger partial charge on any atom is -0.383 e. The number of rotatable bonds is 2. The van der Waals surface area contributed by atoms with Gasteiger partial charge in [-0.15, -0.1) is 0 Å². The number of nitrogen functional groups attached to an aromatic ring is 2. The van der Waals surface area contributed by atoms with Gasteiger partial charge in [0.25, 0.3) is 0 Å². The Bertz CT molecular complexity index is 1150. The summed E-state index contributed by atoms with van der Waals surface area (Å²) < 4.78 is 0. The van der Waals surface area contributed by atoms with Crippen molar-refractivity contribution in [1.29, 1.82) is 0 Å². The summed E-state index contributed by atoms with van der Waals surface area (Å²) in [7, 11) is 0. The number of aromatic nitrogens is 4. The van der Waals surface area contributed by atoms with E-state index in [0.29, 0.717) is 21.8 Å². The second-order valence-electron chi connectivity index (χ2n) is 5.37. The van der Waals surface area contributed by atoms with Crippen molar-refractivity contribution in [2.75, 3.05) is 11.5 Å². The highest BCUT2D eigenvalue weighted by atomic mass is 32.2. The molecule has 0 fully saturated rings. The van der Waals surface area contributed by atoms with Crippen LogP contribution in [0.5, 0.6) is 0 Å². The van der Waals surface area contributed by atoms with Crippen molar-refractivity contribution in [3.8, 4) is 0 Å². The summed E-state index contributed by atoms with van der Waals surface area (Å²) in [5.74, 6) is 0.372. The Morgan fingerprint density at radius 2 is 1.20 bits per heavy atom. The van der Waals surface area contributed by atoms with Crippen LogP contribution >= 0.6 is 11.8 Å². The first kappa shape index (κ1) is 15.2. The molecule has 0 aliphatic carbocycles. The Morgan fingerprint density at radius 3 is 1.64 bits per heavy atom. The van der Waals surface area contributed by atoms with Crippen molar-refractivity contribution in [2.24, 2.45) is 0 Å². The van der Waals surface area contributed by atoms with Gasteiger partial charge in [-0.2, -0.15) is 9.97 Å². The number of hydrogen-bond acceptors (Lipinski definition) is 7. The van der Waals surface area contributed by atoms with Gasteiger partial charge in [0.1, 0.15) is 11.6 Å². The molecule has 25 heavy (non-hydrogen) atoms. The Balaban J connectivity index is 1.77. The Morgan fingerprint density at radius 1 is 0.760 bits per heavy atom. The van der Waals surface area contributed by atoms with Gasteiger partial charge in [-0.1, -0.05) is 11.8 Å². The van der Waals surface area contributed by atoms with Crippen LogP contribution in [0.3, 0.4) is 0 Å². The molecule has 0 saturated carbocycles. The van der Waals surface area contributed by atoms with Crippen LogP contribution in [0.2, 0.25) is 0 Å². The maximum absolute atomic E-state index is 11.4. The standard InChI is InChI=1S/C16H12N6O2S/c17-13-9-5-7(1-3-11(9)19-15(23)21-13)25-8-2-4-12-10(6-8)14(18)22-16(24)20-12/h1-6H,(H3,17,19,21,23)(H3,18,20,22,24). The molecular formula is C16H12N6O2S. The predicted molar refractivity (Wildman–Crippen MR) is 97.7 cm³/mol. The van der Waals surface area contributed by atoms with Crippen LogP contribution in [0, 0.1) is 0 Å². The highest BCUT2D eigenvalue weighted by molar-refractivity contribution is 7.99. The topological polar surface area (TPSA) is 144 Å². The number of H-pyrrole nitrogens is 2. The lowest BCUT2D eigenvalue weighted by Crippen LogP contribution is -2.12. The SMILES string of the molecule is Nc1nc(=O)[nH]c2ccc(Sc3ccc4[nH]c(=O)nc(N)c4c3)cc12. The van der Waals surface area contributed by atoms with Crippen LogP contribution in [-0.2, 0) is 0 Å². The van der Waals surface area contributed by atoms with E-state index < -0.39 is 11.4 Å². The van der Waals surface area contributed by atoms with Crippen LogP contribution in [0.15, 0.2) is 55.8 Å². The van der Waals surface area contributed by atoms with Gasteiger partial charge in [0.2, 0.25) is 0 Å². The molecule has 0 aliphatic rings. The van der Waals surface area contributed by atoms with Gasteiger partial charge < -0.3 is 21.4 Å². The molecule has 2 aromatic heterocycles. The Kier molecular flexibility index (Phi) is 3.43. The van der Waals surface area contributed by atoms with Gasteiger partial charge in [-0.25, -0.2) is 9.59 Å². The third-order valence-corrected chi connectivity index (χ3v) is 4.68. The smallest absolute Gasteiger partial charge is 0.347 e. The van der Waals surface area contributed by atoms with E-state index in [2.05, 4.69) is 19.9 Å². The molecule has 8 nitrogen and oxygen atoms in total. The zero-order valence-corrected chi connectivity index (χ0v) is 13.6. The molecule has 9 heteroatoms. The average molecular weight is 352 g/mol. The van der Waals surface area contributed by atoms with E-state index in [1.807, 2.05) is 24.3 Å². The molecule has 0 atom stereocenters. The van der Waals surface area contributed by atoms with E-state index in [1.54, 1.807) is 12.1 Å². The molecule has 0 unspecified atom stereocenters. The highest BCUT2D eigenvalue weighted by Crippen LogP contribution is 2.32. The zero-order chi connectivity index (χ0) is 17.6. The van der Waals surface area contributed by atoms with Gasteiger partial charge in [-0.05, 0) is 36.4 Å². The molecule has 4 rings (SSSR count). The van der Waals surface area contributed by atoms with Gasteiger partial charge in [0.15, 0.2) is 0 Å². The number of benzene rings is 2. The molecule has 2 heterocycles. The minimum atomic E-state index is -0.475. The molecule has 0 amide bonds. The third kappa shape index (κ3) is 2.81. The fourth-order valence-electron chi connectivity index (χ4n) is 2.58. The fraction of sp³-hybridized carbons (Fsp3) is 0. The third-order valence-electron chi connectivity index (χ3n) is 3.70. The minimum absolute atomic E-state index is 0.186. The lowest BCUT2D eigenvalue weighted by atomic mass is 10.2. The molecule has 4 aromatic rings. The van der Waals surface area contributed by atoms with E-state index in [9.17, 15) is 9.59 Å². The van der Waals surface area contributed by atoms with Crippen molar-refractivity contribution in [1.82, 2.24) is 19.9 Å². The van der Waals surface area contributed by atoms with Crippen LogP contribution in [0.1, 0.15) is 0 Å². The van der Waals surface area contributed by atoms with Gasteiger partial charge in [0, 0.05) is 20.6 Å². The van der Waals surface area contributed by atoms with Gasteiger partial charge in [0.05, 0.1) is 11.0 Å². The second kappa shape index (κ2) is 5.64. The van der Waals surface area contributed by atoms with Crippen molar-refractivity contribution >= 4 is 45.2 Å². The number of nitrogens with one attached hydrogen (secondary N) is 2. The number of anilines is 2. The first-order valence-corrected chi connectivity index (χ1v) is 8.08. The number of nitrogens with zero attached hydrogens (tertiary/aromatic N) is 2. The molecule has 0 radical (unpaired) electrons. The zero-order valence-electron chi connectivity index (χ0n) is 12.7. The first-order valence-electron chi connectivity index (χ1n) is 7.26. The van der Waals surface area contributed by atoms with Crippen molar-refractivity contribution in [2.45, 2.75) is 9.79 Å². The van der Waals surface area contributed by atoms with E-state index in [4.69, 9.17) is 11.5 Å². The Hall–Kier alpha value is -3.33. The quantitative estimate of drug-likeness (QED) is 0.427. The van der Waals surface area contributed by atoms with Crippen molar-refractivity contribution in [3.05, 3.63) is 57.4 Å². The molecule has 2 aromatic carbocycles. The molecule has 124 valence electrons. The maximum Gasteiger partial charge on any atom is 0.347 e. The van der Waals surface area contributed by atoms with Crippen LogP contribution in [0.4, 0.5) is 11.6 Å². The summed E-state index contributed by atoms with van der Waals surface area (Å²) in [6.45, 7) is 0. The van der Waals surface area contributed by atoms with E-state index in [1.165, 1.54) is 11.8 Å². The van der Waals surface area contributed by atoms with Gasteiger partial charge >= 0.3 is 11.4 Å². The molecule has 0 saturated heterocycles. The average Bonchev–Trinajstić information content (AvgIpc) is 2.56. The number of fused-ring (bicyclic) bond motifs is 2. The van der Waals surface area contributed by atoms with Gasteiger partial charge in [-0.3, -0.25) is 0 Å². The molecular weight excluding hydrogens is 340 g/mol. The van der Waals surface area contributed by atoms with Crippen molar-refractivity contribution in [3.63, 3.8) is 0 Å². The summed E-state index contributed by atoms with van der Waals surface area (Å²) in [6.07, 6.45) is 0. The lowest BCUT2D eigenvalue weighted by molar-refractivity contribution is 1.12. The summed E-state index contributed by atoms with van der Waals surface area (Å²) in [6, 6.07) is 11.0. The first-order chi connectivity index (χ1) is 12.0. The molecule has 0 spiro atoms. The highest BCUT2D eigenvalue weighted by Gasteiger charge is 2.07. The van der Waals surface area contributed by atoms with E-state index >= 15 is 0 Å². The molecule has 0 aliphatic heterocycles. The van der Waals surface area contributed by atoms with E-state index in [0.717, 1.165) is 9.79 Å². The summed E-state index contributed by atoms with van der Waals surface area (Å²) in [4.78, 5) is 37.3. The second-order valence-corrected chi connectivity index (χ2v) is 6.52. The van der Waals surface area contributed by atoms with Crippen molar-refractivity contribution < 1.29 is 0 Å². The number of hydrogen-bond donors (Lipinski definition) is 4.